The lowest BCUT2D eigenvalue weighted by molar-refractivity contribution is 0.0283. The second kappa shape index (κ2) is 4.11. The van der Waals surface area contributed by atoms with Crippen molar-refractivity contribution in [3.8, 4) is 0 Å². The molecule has 0 aromatic rings. The van der Waals surface area contributed by atoms with Gasteiger partial charge in [0.25, 0.3) is 0 Å². The number of rotatable bonds is 5. The molecule has 0 rings (SSSR count). The van der Waals surface area contributed by atoms with Crippen molar-refractivity contribution >= 4 is 12.6 Å². The summed E-state index contributed by atoms with van der Waals surface area (Å²) in [5.41, 5.74) is -1.87. The molecule has 3 nitrogen and oxygen atoms in total. The van der Waals surface area contributed by atoms with E-state index in [1.54, 1.807) is 0 Å². The maximum atomic E-state index is 11.8. The van der Waals surface area contributed by atoms with Gasteiger partial charge in [-0.2, -0.15) is 0 Å². The molecule has 0 aliphatic carbocycles. The summed E-state index contributed by atoms with van der Waals surface area (Å²) in [5, 5.41) is 8.92. The molecule has 0 bridgehead atoms. The summed E-state index contributed by atoms with van der Waals surface area (Å²) in [4.78, 5) is 19.3. The van der Waals surface area contributed by atoms with Crippen LogP contribution in [-0.4, -0.2) is 30.0 Å². The molecular weight excluding hydrogens is 139 g/mol. The number of aliphatic hydroxyl groups is 1. The van der Waals surface area contributed by atoms with Gasteiger partial charge in [-0.1, -0.05) is 0 Å². The van der Waals surface area contributed by atoms with E-state index in [0.29, 0.717) is 0 Å². The first-order valence-corrected chi connectivity index (χ1v) is 2.67. The van der Waals surface area contributed by atoms with Gasteiger partial charge < -0.3 is 5.11 Å². The van der Waals surface area contributed by atoms with Crippen molar-refractivity contribution in [2.75, 3.05) is 6.67 Å². The highest BCUT2D eigenvalue weighted by atomic mass is 19.1. The number of hydrogen-bond donors (Lipinski definition) is 1. The fraction of sp³-hybridized carbons (Fsp3) is 0.667. The summed E-state index contributed by atoms with van der Waals surface area (Å²) >= 11 is 0. The second-order valence-electron chi connectivity index (χ2n) is 2.00. The molecule has 1 N–H and O–H groups in total. The molecule has 0 aliphatic heterocycles. The molecule has 2 radical (unpaired) electrons. The molecule has 0 unspecified atom stereocenters. The molecular formula is C6H7FO3. The summed E-state index contributed by atoms with van der Waals surface area (Å²) in [6, 6.07) is 0. The molecule has 0 aromatic heterocycles. The molecule has 0 heterocycles. The molecule has 0 fully saturated rings. The summed E-state index contributed by atoms with van der Waals surface area (Å²) in [5.74, 6) is 0. The van der Waals surface area contributed by atoms with Gasteiger partial charge in [0.15, 0.2) is 0 Å². The van der Waals surface area contributed by atoms with Gasteiger partial charge >= 0.3 is 0 Å². The molecule has 0 aliphatic rings. The smallest absolute Gasteiger partial charge is 0.201 e. The minimum absolute atomic E-state index is 0.487. The number of hydrogen-bond acceptors (Lipinski definition) is 3. The molecule has 56 valence electrons. The third-order valence-corrected chi connectivity index (χ3v) is 1.05. The van der Waals surface area contributed by atoms with Crippen LogP contribution in [0.3, 0.4) is 0 Å². The van der Waals surface area contributed by atoms with Crippen LogP contribution in [0.25, 0.3) is 0 Å². The molecule has 0 spiro atoms. The zero-order valence-corrected chi connectivity index (χ0v) is 5.26. The first-order valence-electron chi connectivity index (χ1n) is 2.67. The molecule has 0 amide bonds. The van der Waals surface area contributed by atoms with Gasteiger partial charge in [0, 0.05) is 12.8 Å². The van der Waals surface area contributed by atoms with Crippen molar-refractivity contribution < 1.29 is 19.1 Å². The Morgan fingerprint density at radius 1 is 1.30 bits per heavy atom. The standard InChI is InChI=1S/C6H7FO3/c7-5-6(10,1-3-8)2-4-9/h10H,1-2,5H2. The first-order chi connectivity index (χ1) is 4.68. The highest BCUT2D eigenvalue weighted by Crippen LogP contribution is 2.12. The van der Waals surface area contributed by atoms with E-state index >= 15 is 0 Å². The lowest BCUT2D eigenvalue weighted by atomic mass is 9.99. The van der Waals surface area contributed by atoms with Crippen LogP contribution in [0, 0.1) is 0 Å². The van der Waals surface area contributed by atoms with Crippen molar-refractivity contribution in [2.45, 2.75) is 18.4 Å². The predicted octanol–water partition coefficient (Wildman–Crippen LogP) is -0.313. The van der Waals surface area contributed by atoms with E-state index in [1.807, 2.05) is 0 Å². The van der Waals surface area contributed by atoms with Crippen molar-refractivity contribution in [1.29, 1.82) is 0 Å². The van der Waals surface area contributed by atoms with E-state index in [-0.39, 0.29) is 0 Å². The Kier molecular flexibility index (Phi) is 3.79. The Hall–Kier alpha value is -0.770. The van der Waals surface area contributed by atoms with Crippen molar-refractivity contribution in [3.05, 3.63) is 0 Å². The molecule has 0 saturated carbocycles. The fourth-order valence-corrected chi connectivity index (χ4v) is 0.426. The van der Waals surface area contributed by atoms with Crippen LogP contribution in [0.2, 0.25) is 0 Å². The van der Waals surface area contributed by atoms with Crippen LogP contribution in [0.15, 0.2) is 0 Å². The van der Waals surface area contributed by atoms with Crippen LogP contribution in [0.4, 0.5) is 4.39 Å². The molecule has 0 saturated heterocycles. The summed E-state index contributed by atoms with van der Waals surface area (Å²) < 4.78 is 11.8. The number of halogens is 1. The zero-order valence-electron chi connectivity index (χ0n) is 5.26. The molecule has 0 aromatic carbocycles. The van der Waals surface area contributed by atoms with E-state index in [2.05, 4.69) is 0 Å². The van der Waals surface area contributed by atoms with Gasteiger partial charge in [0.05, 0.1) is 0 Å². The minimum atomic E-state index is -1.87. The highest BCUT2D eigenvalue weighted by Gasteiger charge is 2.26. The number of alkyl halides is 1. The normalized spacial score (nSPS) is 11.0. The second-order valence-corrected chi connectivity index (χ2v) is 2.00. The summed E-state index contributed by atoms with van der Waals surface area (Å²) in [6.45, 7) is -1.13. The van der Waals surface area contributed by atoms with Gasteiger partial charge in [0.1, 0.15) is 12.3 Å². The Labute approximate surface area is 57.8 Å². The minimum Gasteiger partial charge on any atom is -0.386 e. The Morgan fingerprint density at radius 3 is 1.90 bits per heavy atom. The average molecular weight is 146 g/mol. The van der Waals surface area contributed by atoms with Gasteiger partial charge in [0.2, 0.25) is 12.6 Å². The monoisotopic (exact) mass is 146 g/mol. The molecule has 0 atom stereocenters. The largest absolute Gasteiger partial charge is 0.386 e. The SMILES string of the molecule is O=[C]CC(O)(CF)C[C]=O. The van der Waals surface area contributed by atoms with E-state index in [1.165, 1.54) is 12.6 Å². The van der Waals surface area contributed by atoms with E-state index in [4.69, 9.17) is 5.11 Å². The third-order valence-electron chi connectivity index (χ3n) is 1.05. The first kappa shape index (κ1) is 9.23. The lowest BCUT2D eigenvalue weighted by Gasteiger charge is -2.17. The fourth-order valence-electron chi connectivity index (χ4n) is 0.426. The molecule has 10 heavy (non-hydrogen) atoms. The predicted molar refractivity (Wildman–Crippen MR) is 31.5 cm³/mol. The summed E-state index contributed by atoms with van der Waals surface area (Å²) in [6.07, 6.45) is 1.68. The van der Waals surface area contributed by atoms with Crippen LogP contribution in [0.1, 0.15) is 12.8 Å². The maximum Gasteiger partial charge on any atom is 0.201 e. The quantitative estimate of drug-likeness (QED) is 0.578. The zero-order chi connectivity index (χ0) is 8.04. The van der Waals surface area contributed by atoms with Crippen molar-refractivity contribution in [1.82, 2.24) is 0 Å². The Bertz CT molecular complexity index is 114. The van der Waals surface area contributed by atoms with E-state index < -0.39 is 25.1 Å². The maximum absolute atomic E-state index is 11.8. The van der Waals surface area contributed by atoms with Crippen LogP contribution >= 0.6 is 0 Å². The lowest BCUT2D eigenvalue weighted by Crippen LogP contribution is -2.32. The Morgan fingerprint density at radius 2 is 1.70 bits per heavy atom. The van der Waals surface area contributed by atoms with Gasteiger partial charge in [-0.15, -0.1) is 0 Å². The van der Waals surface area contributed by atoms with Gasteiger partial charge in [-0.3, -0.25) is 9.59 Å². The van der Waals surface area contributed by atoms with Gasteiger partial charge in [-0.25, -0.2) is 4.39 Å². The van der Waals surface area contributed by atoms with E-state index in [0.717, 1.165) is 0 Å². The topological polar surface area (TPSA) is 54.4 Å². The number of carbonyl (C=O) groups excluding carboxylic acids is 2. The molecule has 4 heteroatoms. The third kappa shape index (κ3) is 2.68. The highest BCUT2D eigenvalue weighted by molar-refractivity contribution is 5.57. The average Bonchev–Trinajstić information content (AvgIpc) is 1.89. The van der Waals surface area contributed by atoms with E-state index in [9.17, 15) is 14.0 Å². The summed E-state index contributed by atoms with van der Waals surface area (Å²) in [7, 11) is 0. The van der Waals surface area contributed by atoms with Crippen LogP contribution in [0.5, 0.6) is 0 Å². The Balaban J connectivity index is 3.92. The van der Waals surface area contributed by atoms with Crippen molar-refractivity contribution in [2.24, 2.45) is 0 Å². The van der Waals surface area contributed by atoms with Gasteiger partial charge in [-0.05, 0) is 0 Å². The van der Waals surface area contributed by atoms with Crippen LogP contribution in [-0.2, 0) is 9.59 Å². The van der Waals surface area contributed by atoms with Crippen LogP contribution < -0.4 is 0 Å². The van der Waals surface area contributed by atoms with Crippen molar-refractivity contribution in [3.63, 3.8) is 0 Å².